The molecule has 0 unspecified atom stereocenters. The van der Waals surface area contributed by atoms with E-state index in [-0.39, 0.29) is 17.4 Å². The molecule has 0 radical (unpaired) electrons. The van der Waals surface area contributed by atoms with E-state index in [1.165, 1.54) is 11.8 Å². The van der Waals surface area contributed by atoms with Crippen molar-refractivity contribution in [3.63, 3.8) is 0 Å². The highest BCUT2D eigenvalue weighted by Crippen LogP contribution is 2.33. The minimum Gasteiger partial charge on any atom is -0.379 e. The molecule has 1 aromatic heterocycles. The third-order valence-corrected chi connectivity index (χ3v) is 5.62. The lowest BCUT2D eigenvalue weighted by atomic mass is 9.81. The molecule has 148 valence electrons. The zero-order chi connectivity index (χ0) is 19.7. The fourth-order valence-electron chi connectivity index (χ4n) is 3.71. The molecule has 2 atom stereocenters. The lowest BCUT2D eigenvalue weighted by molar-refractivity contribution is -0.0499. The number of anilines is 2. The van der Waals surface area contributed by atoms with Crippen LogP contribution >= 0.6 is 0 Å². The van der Waals surface area contributed by atoms with Gasteiger partial charge in [0.25, 0.3) is 5.91 Å². The molecule has 3 heterocycles. The van der Waals surface area contributed by atoms with Crippen LogP contribution in [0.25, 0.3) is 0 Å². The largest absolute Gasteiger partial charge is 0.379 e. The summed E-state index contributed by atoms with van der Waals surface area (Å²) in [6, 6.07) is 7.93. The van der Waals surface area contributed by atoms with Crippen molar-refractivity contribution < 1.29 is 14.3 Å². The molecule has 2 fully saturated rings. The highest BCUT2D eigenvalue weighted by molar-refractivity contribution is 5.98. The summed E-state index contributed by atoms with van der Waals surface area (Å²) in [4.78, 5) is 11.9. The highest BCUT2D eigenvalue weighted by atomic mass is 16.5. The van der Waals surface area contributed by atoms with E-state index in [1.54, 1.807) is 10.9 Å². The van der Waals surface area contributed by atoms with Crippen molar-refractivity contribution in [2.75, 3.05) is 31.7 Å². The topological polar surface area (TPSA) is 115 Å². The Morgan fingerprint density at radius 1 is 1.36 bits per heavy atom. The third kappa shape index (κ3) is 3.41. The minimum atomic E-state index is -0.548. The third-order valence-electron chi connectivity index (χ3n) is 5.62. The molecule has 2 aromatic rings. The van der Waals surface area contributed by atoms with Crippen LogP contribution in [-0.4, -0.2) is 48.3 Å². The maximum absolute atomic E-state index is 11.9. The lowest BCUT2D eigenvalue weighted by Gasteiger charge is -2.38. The molecule has 1 aromatic carbocycles. The second kappa shape index (κ2) is 7.37. The Kier molecular flexibility index (Phi) is 4.91. The predicted octanol–water partition coefficient (Wildman–Crippen LogP) is 2.24. The smallest absolute Gasteiger partial charge is 0.254 e. The summed E-state index contributed by atoms with van der Waals surface area (Å²) in [7, 11) is 0. The molecule has 4 N–H and O–H groups in total. The van der Waals surface area contributed by atoms with Crippen LogP contribution in [0.1, 0.15) is 35.3 Å². The molecule has 2 aliphatic heterocycles. The number of nitrogens with two attached hydrogens (primary N) is 1. The summed E-state index contributed by atoms with van der Waals surface area (Å²) in [5, 5.41) is 15.4. The molecule has 2 saturated heterocycles. The van der Waals surface area contributed by atoms with E-state index in [0.717, 1.165) is 25.3 Å². The quantitative estimate of drug-likeness (QED) is 0.662. The molecule has 0 aliphatic carbocycles. The van der Waals surface area contributed by atoms with Gasteiger partial charge in [-0.1, -0.05) is 19.1 Å². The zero-order valence-corrected chi connectivity index (χ0v) is 15.9. The number of nitrogens with zero attached hydrogens (tertiary/aromatic N) is 2. The number of ether oxygens (including phenoxy) is 2. The Hall–Kier alpha value is -2.71. The first kappa shape index (κ1) is 18.6. The van der Waals surface area contributed by atoms with Crippen molar-refractivity contribution in [3.8, 4) is 0 Å². The Balaban J connectivity index is 1.57. The zero-order valence-electron chi connectivity index (χ0n) is 15.9. The predicted molar refractivity (Wildman–Crippen MR) is 105 cm³/mol. The molecule has 1 amide bonds. The number of benzene rings is 1. The first-order chi connectivity index (χ1) is 13.5. The van der Waals surface area contributed by atoms with Crippen LogP contribution < -0.4 is 11.1 Å². The van der Waals surface area contributed by atoms with Crippen molar-refractivity contribution in [1.29, 1.82) is 5.41 Å². The van der Waals surface area contributed by atoms with E-state index in [0.29, 0.717) is 24.6 Å². The summed E-state index contributed by atoms with van der Waals surface area (Å²) >= 11 is 0. The maximum atomic E-state index is 11.9. The van der Waals surface area contributed by atoms with Gasteiger partial charge in [-0.25, -0.2) is 0 Å². The Bertz CT molecular complexity index is 872. The van der Waals surface area contributed by atoms with Gasteiger partial charge in [0, 0.05) is 36.0 Å². The average molecular weight is 383 g/mol. The van der Waals surface area contributed by atoms with E-state index in [9.17, 15) is 4.79 Å². The van der Waals surface area contributed by atoms with Crippen LogP contribution in [0.15, 0.2) is 30.5 Å². The van der Waals surface area contributed by atoms with Gasteiger partial charge in [-0.2, -0.15) is 5.10 Å². The normalized spacial score (nSPS) is 23.6. The van der Waals surface area contributed by atoms with Crippen molar-refractivity contribution in [3.05, 3.63) is 41.6 Å². The van der Waals surface area contributed by atoms with Gasteiger partial charge in [0.15, 0.2) is 5.82 Å². The molecule has 8 heteroatoms. The van der Waals surface area contributed by atoms with E-state index >= 15 is 0 Å². The summed E-state index contributed by atoms with van der Waals surface area (Å²) in [5.74, 6) is -0.118. The van der Waals surface area contributed by atoms with E-state index in [4.69, 9.17) is 20.6 Å². The second-order valence-electron chi connectivity index (χ2n) is 7.75. The van der Waals surface area contributed by atoms with Gasteiger partial charge in [-0.05, 0) is 24.1 Å². The van der Waals surface area contributed by atoms with Gasteiger partial charge in [0.2, 0.25) is 0 Å². The van der Waals surface area contributed by atoms with Gasteiger partial charge < -0.3 is 25.9 Å². The van der Waals surface area contributed by atoms with E-state index in [2.05, 4.69) is 29.5 Å². The van der Waals surface area contributed by atoms with Gasteiger partial charge >= 0.3 is 0 Å². The fraction of sp³-hybridized carbons (Fsp3) is 0.450. The maximum Gasteiger partial charge on any atom is 0.254 e. The summed E-state index contributed by atoms with van der Waals surface area (Å²) in [6.07, 6.45) is 3.82. The van der Waals surface area contributed by atoms with Gasteiger partial charge in [-0.3, -0.25) is 9.48 Å². The van der Waals surface area contributed by atoms with Crippen molar-refractivity contribution in [2.45, 2.75) is 24.8 Å². The monoisotopic (exact) mass is 383 g/mol. The van der Waals surface area contributed by atoms with Crippen molar-refractivity contribution >= 4 is 23.6 Å². The molecule has 4 rings (SSSR count). The lowest BCUT2D eigenvalue weighted by Crippen LogP contribution is -2.43. The SMILES string of the molecule is CC1(c2ccc(Nc3nn([C@H]4COCC[C@@H]4C=N)cc3C(N)=O)cc2)COC1. The van der Waals surface area contributed by atoms with Gasteiger partial charge in [-0.15, -0.1) is 0 Å². The molecule has 0 bridgehead atoms. The number of amides is 1. The first-order valence-corrected chi connectivity index (χ1v) is 9.43. The Morgan fingerprint density at radius 3 is 2.71 bits per heavy atom. The number of rotatable bonds is 6. The number of carbonyl (C=O) groups excluding carboxylic acids is 1. The van der Waals surface area contributed by atoms with Crippen molar-refractivity contribution in [1.82, 2.24) is 9.78 Å². The molecule has 8 nitrogen and oxygen atoms in total. The van der Waals surface area contributed by atoms with E-state index in [1.807, 2.05) is 12.1 Å². The van der Waals surface area contributed by atoms with E-state index < -0.39 is 5.91 Å². The van der Waals surface area contributed by atoms with Crippen LogP contribution in [0, 0.1) is 11.3 Å². The number of nitrogens with one attached hydrogen (secondary N) is 2. The van der Waals surface area contributed by atoms with Crippen LogP contribution in [0.4, 0.5) is 11.5 Å². The average Bonchev–Trinajstić information content (AvgIpc) is 3.10. The van der Waals surface area contributed by atoms with Crippen LogP contribution in [0.2, 0.25) is 0 Å². The summed E-state index contributed by atoms with van der Waals surface area (Å²) in [5.41, 5.74) is 7.99. The number of aromatic nitrogens is 2. The van der Waals surface area contributed by atoms with Gasteiger partial charge in [0.05, 0.1) is 25.9 Å². The number of primary amides is 1. The minimum absolute atomic E-state index is 0.0203. The molecular formula is C20H25N5O3. The second-order valence-corrected chi connectivity index (χ2v) is 7.75. The Labute approximate surface area is 163 Å². The molecular weight excluding hydrogens is 358 g/mol. The number of hydrogen-bond donors (Lipinski definition) is 3. The molecule has 0 spiro atoms. The standard InChI is InChI=1S/C20H25N5O3/c1-20(11-28-12-20)14-2-4-15(5-3-14)23-19-16(18(22)26)9-25(24-19)17-10-27-7-6-13(17)8-21/h2-5,8-9,13,17,21H,6-7,10-12H2,1H3,(H2,22,26)(H,23,24)/t13-,17+/m1/s1. The fourth-order valence-corrected chi connectivity index (χ4v) is 3.71. The molecule has 28 heavy (non-hydrogen) atoms. The Morgan fingerprint density at radius 2 is 2.11 bits per heavy atom. The first-order valence-electron chi connectivity index (χ1n) is 9.43. The van der Waals surface area contributed by atoms with Crippen molar-refractivity contribution in [2.24, 2.45) is 11.7 Å². The number of carbonyl (C=O) groups is 1. The highest BCUT2D eigenvalue weighted by Gasteiger charge is 2.35. The van der Waals surface area contributed by atoms with Crippen LogP contribution in [0.5, 0.6) is 0 Å². The van der Waals surface area contributed by atoms with Gasteiger partial charge in [0.1, 0.15) is 5.56 Å². The molecule has 2 aliphatic rings. The van der Waals surface area contributed by atoms with Crippen LogP contribution in [-0.2, 0) is 14.9 Å². The molecule has 0 saturated carbocycles. The van der Waals surface area contributed by atoms with Crippen LogP contribution in [0.3, 0.4) is 0 Å². The summed E-state index contributed by atoms with van der Waals surface area (Å²) in [6.45, 7) is 4.72. The number of hydrogen-bond acceptors (Lipinski definition) is 6. The summed E-state index contributed by atoms with van der Waals surface area (Å²) < 4.78 is 12.6.